The van der Waals surface area contributed by atoms with E-state index in [-0.39, 0.29) is 11.5 Å². The lowest BCUT2D eigenvalue weighted by Crippen LogP contribution is -2.49. The number of carbonyl (C=O) groups is 1. The second-order valence-electron chi connectivity index (χ2n) is 9.13. The molecule has 1 aromatic carbocycles. The van der Waals surface area contributed by atoms with Crippen molar-refractivity contribution in [3.63, 3.8) is 0 Å². The maximum absolute atomic E-state index is 13.6. The first-order valence-electron chi connectivity index (χ1n) is 11.8. The van der Waals surface area contributed by atoms with Crippen molar-refractivity contribution < 1.29 is 4.79 Å². The first kappa shape index (κ1) is 21.6. The van der Waals surface area contributed by atoms with Crippen LogP contribution in [0.1, 0.15) is 39.2 Å². The number of halogens is 1. The minimum atomic E-state index is -0.0758. The van der Waals surface area contributed by atoms with E-state index in [1.54, 1.807) is 34.1 Å². The van der Waals surface area contributed by atoms with Gasteiger partial charge in [-0.25, -0.2) is 4.98 Å². The molecule has 0 atom stereocenters. The van der Waals surface area contributed by atoms with Gasteiger partial charge in [0.25, 0.3) is 11.5 Å². The van der Waals surface area contributed by atoms with Gasteiger partial charge in [0, 0.05) is 48.0 Å². The van der Waals surface area contributed by atoms with E-state index >= 15 is 0 Å². The highest BCUT2D eigenvalue weighted by molar-refractivity contribution is 7.18. The summed E-state index contributed by atoms with van der Waals surface area (Å²) >= 11 is 7.83. The standard InChI is InChI=1S/C26H25ClN4O2S/c1-16-8-9-17(27)15-20(16)29-11-13-30(14-12-29)25(32)19-6-4-10-31-23(19)28-24-22(26(31)33)18-5-2-3-7-21(18)34-24/h4,6,8-10,15H,2-3,5,7,11-14H2,1H3. The number of carbonyl (C=O) groups excluding carboxylic acids is 1. The Morgan fingerprint density at radius 2 is 1.88 bits per heavy atom. The molecule has 0 bridgehead atoms. The number of aromatic nitrogens is 2. The quantitative estimate of drug-likeness (QED) is 0.406. The Hall–Kier alpha value is -2.90. The van der Waals surface area contributed by atoms with Crippen molar-refractivity contribution in [3.05, 3.63) is 73.5 Å². The van der Waals surface area contributed by atoms with Crippen LogP contribution in [0.25, 0.3) is 15.9 Å². The molecule has 1 aliphatic carbocycles. The lowest BCUT2D eigenvalue weighted by atomic mass is 9.97. The van der Waals surface area contributed by atoms with Gasteiger partial charge in [-0.2, -0.15) is 0 Å². The Morgan fingerprint density at radius 3 is 2.71 bits per heavy atom. The van der Waals surface area contributed by atoms with Gasteiger partial charge in [-0.3, -0.25) is 14.0 Å². The van der Waals surface area contributed by atoms with Crippen LogP contribution in [0.2, 0.25) is 5.02 Å². The predicted molar refractivity (Wildman–Crippen MR) is 138 cm³/mol. The maximum atomic E-state index is 13.6. The van der Waals surface area contributed by atoms with Gasteiger partial charge < -0.3 is 9.80 Å². The fraction of sp³-hybridized carbons (Fsp3) is 0.346. The molecule has 6 rings (SSSR count). The molecule has 1 aliphatic heterocycles. The van der Waals surface area contributed by atoms with Crippen molar-refractivity contribution in [3.8, 4) is 0 Å². The van der Waals surface area contributed by atoms with Crippen molar-refractivity contribution in [1.82, 2.24) is 14.3 Å². The van der Waals surface area contributed by atoms with Gasteiger partial charge in [0.1, 0.15) is 4.83 Å². The minimum Gasteiger partial charge on any atom is -0.368 e. The molecule has 2 aliphatic rings. The molecule has 0 saturated carbocycles. The molecule has 0 N–H and O–H groups in total. The molecule has 1 saturated heterocycles. The highest BCUT2D eigenvalue weighted by atomic mass is 35.5. The average molecular weight is 493 g/mol. The minimum absolute atomic E-state index is 0.0599. The summed E-state index contributed by atoms with van der Waals surface area (Å²) in [6.07, 6.45) is 5.95. The molecule has 1 fully saturated rings. The van der Waals surface area contributed by atoms with Crippen molar-refractivity contribution >= 4 is 50.4 Å². The molecular weight excluding hydrogens is 468 g/mol. The molecule has 1 amide bonds. The fourth-order valence-corrected chi connectivity index (χ4v) is 6.67. The third-order valence-corrected chi connectivity index (χ3v) is 8.49. The molecule has 174 valence electrons. The molecule has 0 unspecified atom stereocenters. The number of amides is 1. The van der Waals surface area contributed by atoms with Crippen LogP contribution in [-0.4, -0.2) is 46.4 Å². The predicted octanol–water partition coefficient (Wildman–Crippen LogP) is 4.71. The number of benzene rings is 1. The lowest BCUT2D eigenvalue weighted by Gasteiger charge is -2.37. The number of fused-ring (bicyclic) bond motifs is 4. The maximum Gasteiger partial charge on any atom is 0.266 e. The highest BCUT2D eigenvalue weighted by Crippen LogP contribution is 2.34. The zero-order valence-electron chi connectivity index (χ0n) is 19.0. The molecular formula is C26H25ClN4O2S. The summed E-state index contributed by atoms with van der Waals surface area (Å²) in [5.41, 5.74) is 4.33. The average Bonchev–Trinajstić information content (AvgIpc) is 3.24. The third-order valence-electron chi connectivity index (χ3n) is 7.07. The van der Waals surface area contributed by atoms with Crippen LogP contribution in [0, 0.1) is 6.92 Å². The molecule has 0 spiro atoms. The van der Waals surface area contributed by atoms with E-state index in [4.69, 9.17) is 16.6 Å². The molecule has 0 radical (unpaired) electrons. The van der Waals surface area contributed by atoms with Crippen LogP contribution in [0.5, 0.6) is 0 Å². The van der Waals surface area contributed by atoms with E-state index in [1.165, 1.54) is 16.0 Å². The smallest absolute Gasteiger partial charge is 0.266 e. The number of nitrogens with zero attached hydrogens (tertiary/aromatic N) is 4. The Labute approximate surface area is 206 Å². The first-order chi connectivity index (χ1) is 16.5. The zero-order chi connectivity index (χ0) is 23.4. The summed E-state index contributed by atoms with van der Waals surface area (Å²) < 4.78 is 1.56. The molecule has 34 heavy (non-hydrogen) atoms. The summed E-state index contributed by atoms with van der Waals surface area (Å²) in [7, 11) is 0. The Kier molecular flexibility index (Phi) is 5.34. The van der Waals surface area contributed by atoms with Gasteiger partial charge in [0.2, 0.25) is 0 Å². The number of hydrogen-bond acceptors (Lipinski definition) is 5. The van der Waals surface area contributed by atoms with E-state index in [0.29, 0.717) is 29.3 Å². The molecule has 3 aromatic heterocycles. The number of thiophene rings is 1. The molecule has 8 heteroatoms. The largest absolute Gasteiger partial charge is 0.368 e. The van der Waals surface area contributed by atoms with E-state index in [1.807, 2.05) is 23.1 Å². The number of aryl methyl sites for hydroxylation is 3. The van der Waals surface area contributed by atoms with Gasteiger partial charge >= 0.3 is 0 Å². The third kappa shape index (κ3) is 3.49. The zero-order valence-corrected chi connectivity index (χ0v) is 20.6. The van der Waals surface area contributed by atoms with Crippen LogP contribution < -0.4 is 10.5 Å². The van der Waals surface area contributed by atoms with Crippen LogP contribution >= 0.6 is 22.9 Å². The normalized spacial score (nSPS) is 16.3. The van der Waals surface area contributed by atoms with Crippen molar-refractivity contribution in [2.24, 2.45) is 0 Å². The topological polar surface area (TPSA) is 57.9 Å². The van der Waals surface area contributed by atoms with E-state index in [2.05, 4.69) is 11.8 Å². The van der Waals surface area contributed by atoms with Crippen LogP contribution in [0.15, 0.2) is 41.3 Å². The first-order valence-corrected chi connectivity index (χ1v) is 13.0. The van der Waals surface area contributed by atoms with E-state index in [9.17, 15) is 9.59 Å². The van der Waals surface area contributed by atoms with Crippen LogP contribution in [-0.2, 0) is 12.8 Å². The lowest BCUT2D eigenvalue weighted by molar-refractivity contribution is 0.0748. The van der Waals surface area contributed by atoms with Gasteiger partial charge in [0.15, 0.2) is 5.65 Å². The van der Waals surface area contributed by atoms with Crippen molar-refractivity contribution in [2.45, 2.75) is 32.6 Å². The second-order valence-corrected chi connectivity index (χ2v) is 10.7. The second kappa shape index (κ2) is 8.40. The van der Waals surface area contributed by atoms with Crippen LogP contribution in [0.3, 0.4) is 0 Å². The number of hydrogen-bond donors (Lipinski definition) is 0. The number of anilines is 1. The Balaban J connectivity index is 1.32. The summed E-state index contributed by atoms with van der Waals surface area (Å²) in [4.78, 5) is 38.0. The number of rotatable bonds is 2. The Bertz CT molecular complexity index is 1500. The molecule has 4 heterocycles. The summed E-state index contributed by atoms with van der Waals surface area (Å²) in [6, 6.07) is 9.48. The Morgan fingerprint density at radius 1 is 1.09 bits per heavy atom. The van der Waals surface area contributed by atoms with E-state index < -0.39 is 0 Å². The van der Waals surface area contributed by atoms with Crippen molar-refractivity contribution in [1.29, 1.82) is 0 Å². The summed E-state index contributed by atoms with van der Waals surface area (Å²) in [6.45, 7) is 4.74. The number of piperazine rings is 1. The van der Waals surface area contributed by atoms with Crippen molar-refractivity contribution in [2.75, 3.05) is 31.1 Å². The van der Waals surface area contributed by atoms with Gasteiger partial charge in [-0.05, 0) is 68.0 Å². The number of pyridine rings is 1. The van der Waals surface area contributed by atoms with E-state index in [0.717, 1.165) is 54.7 Å². The fourth-order valence-electron chi connectivity index (χ4n) is 5.26. The summed E-state index contributed by atoms with van der Waals surface area (Å²) in [5, 5.41) is 1.46. The summed E-state index contributed by atoms with van der Waals surface area (Å²) in [5.74, 6) is -0.0758. The molecule has 6 nitrogen and oxygen atoms in total. The SMILES string of the molecule is Cc1ccc(Cl)cc1N1CCN(C(=O)c2cccn3c(=O)c4c5c(sc4nc23)CCCC5)CC1. The molecule has 4 aromatic rings. The van der Waals surface area contributed by atoms with Gasteiger partial charge in [-0.15, -0.1) is 11.3 Å². The van der Waals surface area contributed by atoms with Gasteiger partial charge in [0.05, 0.1) is 10.9 Å². The monoisotopic (exact) mass is 492 g/mol. The van der Waals surface area contributed by atoms with Gasteiger partial charge in [-0.1, -0.05) is 17.7 Å². The highest BCUT2D eigenvalue weighted by Gasteiger charge is 2.26. The van der Waals surface area contributed by atoms with Crippen LogP contribution in [0.4, 0.5) is 5.69 Å².